The lowest BCUT2D eigenvalue weighted by Gasteiger charge is -2.33. The number of benzene rings is 2. The number of nitrogens with one attached hydrogen (secondary N) is 1. The number of nitrogens with zero attached hydrogens (tertiary/aromatic N) is 2. The molecule has 0 saturated heterocycles. The maximum Gasteiger partial charge on any atom is 0.265 e. The van der Waals surface area contributed by atoms with Crippen LogP contribution in [0.5, 0.6) is 17.2 Å². The smallest absolute Gasteiger partial charge is 0.265 e. The number of carbonyl (C=O) groups is 3. The molecular weight excluding hydrogens is 450 g/mol. The molecule has 2 aromatic carbocycles. The minimum Gasteiger partial charge on any atom is -0.493 e. The van der Waals surface area contributed by atoms with Crippen molar-refractivity contribution in [1.82, 2.24) is 10.3 Å². The second kappa shape index (κ2) is 10.7. The number of fused-ring (bicyclic) bond motifs is 1. The van der Waals surface area contributed by atoms with Crippen molar-refractivity contribution in [2.45, 2.75) is 19.5 Å². The van der Waals surface area contributed by atoms with Gasteiger partial charge in [-0.3, -0.25) is 24.3 Å². The Morgan fingerprint density at radius 1 is 1.11 bits per heavy atom. The molecule has 9 heteroatoms. The van der Waals surface area contributed by atoms with Crippen molar-refractivity contribution in [3.63, 3.8) is 0 Å². The highest BCUT2D eigenvalue weighted by molar-refractivity contribution is 6.05. The minimum atomic E-state index is -0.830. The second-order valence-corrected chi connectivity index (χ2v) is 7.81. The SMILES string of the molecule is COc1ccccc1OCC(=O)c1ccc2c(c1)N(C(C)C(=O)NCc1ccccn1)C(=O)CO2. The molecule has 1 aromatic heterocycles. The van der Waals surface area contributed by atoms with Gasteiger partial charge in [-0.05, 0) is 49.4 Å². The number of aromatic nitrogens is 1. The van der Waals surface area contributed by atoms with E-state index in [1.807, 2.05) is 6.07 Å². The summed E-state index contributed by atoms with van der Waals surface area (Å²) in [5.41, 5.74) is 1.37. The van der Waals surface area contributed by atoms with Crippen molar-refractivity contribution in [3.05, 3.63) is 78.1 Å². The standard InChI is InChI=1S/C26H25N3O6/c1-17(26(32)28-14-19-7-5-6-12-27-19)29-20-13-18(10-11-22(20)35-16-25(29)31)21(30)15-34-24-9-4-3-8-23(24)33-2/h3-13,17H,14-16H2,1-2H3,(H,28,32). The molecular formula is C26H25N3O6. The number of ketones is 1. The van der Waals surface area contributed by atoms with E-state index >= 15 is 0 Å². The summed E-state index contributed by atoms with van der Waals surface area (Å²) < 4.78 is 16.4. The number of hydrogen-bond donors (Lipinski definition) is 1. The molecule has 0 spiro atoms. The number of Topliss-reactive ketones (excluding diaryl/α,β-unsaturated/α-hetero) is 1. The van der Waals surface area contributed by atoms with Gasteiger partial charge in [0.15, 0.2) is 30.5 Å². The number of ether oxygens (including phenoxy) is 3. The van der Waals surface area contributed by atoms with Gasteiger partial charge in [-0.15, -0.1) is 0 Å². The first-order valence-electron chi connectivity index (χ1n) is 11.0. The van der Waals surface area contributed by atoms with Crippen LogP contribution in [0, 0.1) is 0 Å². The fourth-order valence-electron chi connectivity index (χ4n) is 3.68. The predicted molar refractivity (Wildman–Crippen MR) is 128 cm³/mol. The molecule has 1 aliphatic heterocycles. The van der Waals surface area contributed by atoms with Gasteiger partial charge in [0, 0.05) is 11.8 Å². The van der Waals surface area contributed by atoms with Crippen LogP contribution < -0.4 is 24.4 Å². The van der Waals surface area contributed by atoms with E-state index in [2.05, 4.69) is 10.3 Å². The van der Waals surface area contributed by atoms with Crippen LogP contribution in [0.1, 0.15) is 23.0 Å². The van der Waals surface area contributed by atoms with Gasteiger partial charge in [0.05, 0.1) is 25.0 Å². The van der Waals surface area contributed by atoms with Crippen molar-refractivity contribution in [3.8, 4) is 17.2 Å². The summed E-state index contributed by atoms with van der Waals surface area (Å²) in [5, 5.41) is 2.80. The van der Waals surface area contributed by atoms with Gasteiger partial charge in [0.1, 0.15) is 11.8 Å². The van der Waals surface area contributed by atoms with Gasteiger partial charge in [-0.25, -0.2) is 0 Å². The van der Waals surface area contributed by atoms with Crippen LogP contribution in [-0.2, 0) is 16.1 Å². The van der Waals surface area contributed by atoms with E-state index in [1.165, 1.54) is 12.0 Å². The van der Waals surface area contributed by atoms with E-state index < -0.39 is 6.04 Å². The third kappa shape index (κ3) is 5.40. The van der Waals surface area contributed by atoms with Crippen molar-refractivity contribution >= 4 is 23.3 Å². The summed E-state index contributed by atoms with van der Waals surface area (Å²) in [5.74, 6) is 0.335. The van der Waals surface area contributed by atoms with Crippen molar-refractivity contribution in [2.75, 3.05) is 25.2 Å². The van der Waals surface area contributed by atoms with Crippen molar-refractivity contribution in [2.24, 2.45) is 0 Å². The molecule has 0 saturated carbocycles. The molecule has 1 aliphatic rings. The third-order valence-corrected chi connectivity index (χ3v) is 5.52. The van der Waals surface area contributed by atoms with E-state index in [1.54, 1.807) is 67.7 Å². The normalized spacial score (nSPS) is 13.3. The first-order chi connectivity index (χ1) is 17.0. The van der Waals surface area contributed by atoms with Gasteiger partial charge < -0.3 is 19.5 Å². The van der Waals surface area contributed by atoms with E-state index in [9.17, 15) is 14.4 Å². The van der Waals surface area contributed by atoms with Gasteiger partial charge in [-0.1, -0.05) is 18.2 Å². The van der Waals surface area contributed by atoms with Crippen LogP contribution in [0.2, 0.25) is 0 Å². The molecule has 1 atom stereocenters. The van der Waals surface area contributed by atoms with Gasteiger partial charge in [0.25, 0.3) is 5.91 Å². The Morgan fingerprint density at radius 2 is 1.89 bits per heavy atom. The van der Waals surface area contributed by atoms with E-state index in [0.29, 0.717) is 34.2 Å². The maximum atomic E-state index is 12.9. The number of amides is 2. The van der Waals surface area contributed by atoms with Crippen LogP contribution in [0.3, 0.4) is 0 Å². The Labute approximate surface area is 202 Å². The van der Waals surface area contributed by atoms with Crippen LogP contribution in [-0.4, -0.2) is 48.9 Å². The van der Waals surface area contributed by atoms with Gasteiger partial charge in [-0.2, -0.15) is 0 Å². The molecule has 180 valence electrons. The van der Waals surface area contributed by atoms with E-state index in [0.717, 1.165) is 0 Å². The third-order valence-electron chi connectivity index (χ3n) is 5.52. The first-order valence-corrected chi connectivity index (χ1v) is 11.0. The minimum absolute atomic E-state index is 0.199. The lowest BCUT2D eigenvalue weighted by molar-refractivity contribution is -0.127. The summed E-state index contributed by atoms with van der Waals surface area (Å²) >= 11 is 0. The summed E-state index contributed by atoms with van der Waals surface area (Å²) in [6, 6.07) is 16.4. The number of pyridine rings is 1. The number of para-hydroxylation sites is 2. The van der Waals surface area contributed by atoms with Crippen LogP contribution in [0.4, 0.5) is 5.69 Å². The van der Waals surface area contributed by atoms with Gasteiger partial charge in [0.2, 0.25) is 5.91 Å². The Kier molecular flexibility index (Phi) is 7.25. The average Bonchev–Trinajstić information content (AvgIpc) is 2.90. The number of anilines is 1. The Morgan fingerprint density at radius 3 is 2.63 bits per heavy atom. The molecule has 0 bridgehead atoms. The van der Waals surface area contributed by atoms with Crippen LogP contribution in [0.25, 0.3) is 0 Å². The predicted octanol–water partition coefficient (Wildman–Crippen LogP) is 2.78. The fourth-order valence-corrected chi connectivity index (χ4v) is 3.68. The van der Waals surface area contributed by atoms with Crippen molar-refractivity contribution in [1.29, 1.82) is 0 Å². The highest BCUT2D eigenvalue weighted by Gasteiger charge is 2.33. The molecule has 3 aromatic rings. The Bertz CT molecular complexity index is 1230. The van der Waals surface area contributed by atoms with Crippen LogP contribution >= 0.6 is 0 Å². The topological polar surface area (TPSA) is 107 Å². The zero-order valence-corrected chi connectivity index (χ0v) is 19.4. The zero-order valence-electron chi connectivity index (χ0n) is 19.4. The highest BCUT2D eigenvalue weighted by atomic mass is 16.5. The zero-order chi connectivity index (χ0) is 24.8. The maximum absolute atomic E-state index is 12.9. The van der Waals surface area contributed by atoms with E-state index in [-0.39, 0.29) is 37.4 Å². The lowest BCUT2D eigenvalue weighted by atomic mass is 10.1. The molecule has 0 radical (unpaired) electrons. The monoisotopic (exact) mass is 475 g/mol. The van der Waals surface area contributed by atoms with Gasteiger partial charge >= 0.3 is 0 Å². The average molecular weight is 476 g/mol. The molecule has 35 heavy (non-hydrogen) atoms. The molecule has 2 amide bonds. The second-order valence-electron chi connectivity index (χ2n) is 7.81. The number of hydrogen-bond acceptors (Lipinski definition) is 7. The van der Waals surface area contributed by atoms with Crippen molar-refractivity contribution < 1.29 is 28.6 Å². The molecule has 1 N–H and O–H groups in total. The molecule has 0 fully saturated rings. The molecule has 1 unspecified atom stereocenters. The van der Waals surface area contributed by atoms with E-state index in [4.69, 9.17) is 14.2 Å². The summed E-state index contributed by atoms with van der Waals surface area (Å²) in [7, 11) is 1.52. The van der Waals surface area contributed by atoms with Crippen LogP contribution in [0.15, 0.2) is 66.9 Å². The summed E-state index contributed by atoms with van der Waals surface area (Å²) in [4.78, 5) is 44.0. The lowest BCUT2D eigenvalue weighted by Crippen LogP contribution is -2.51. The molecule has 4 rings (SSSR count). The first kappa shape index (κ1) is 23.7. The summed E-state index contributed by atoms with van der Waals surface area (Å²) in [6.07, 6.45) is 1.64. The highest BCUT2D eigenvalue weighted by Crippen LogP contribution is 2.35. The number of rotatable bonds is 9. The Hall–Kier alpha value is -4.40. The Balaban J connectivity index is 1.49. The number of methoxy groups -OCH3 is 1. The molecule has 9 nitrogen and oxygen atoms in total. The summed E-state index contributed by atoms with van der Waals surface area (Å²) in [6.45, 7) is 1.43. The largest absolute Gasteiger partial charge is 0.493 e. The quantitative estimate of drug-likeness (QED) is 0.474. The fraction of sp³-hybridized carbons (Fsp3) is 0.231. The number of carbonyl (C=O) groups excluding carboxylic acids is 3. The molecule has 0 aliphatic carbocycles. The molecule has 2 heterocycles.